The van der Waals surface area contributed by atoms with Crippen molar-refractivity contribution in [3.8, 4) is 0 Å². The Morgan fingerprint density at radius 1 is 1.10 bits per heavy atom. The lowest BCUT2D eigenvalue weighted by Gasteiger charge is -2.45. The van der Waals surface area contributed by atoms with Gasteiger partial charge in [-0.25, -0.2) is 8.78 Å². The van der Waals surface area contributed by atoms with E-state index in [4.69, 9.17) is 11.6 Å². The molecule has 0 atom stereocenters. The van der Waals surface area contributed by atoms with Crippen LogP contribution in [0.3, 0.4) is 0 Å². The van der Waals surface area contributed by atoms with Crippen molar-refractivity contribution in [1.82, 2.24) is 0 Å². The van der Waals surface area contributed by atoms with E-state index in [0.29, 0.717) is 0 Å². The molecule has 0 amide bonds. The first-order chi connectivity index (χ1) is 9.08. The second-order valence-corrected chi connectivity index (χ2v) is 7.91. The Kier molecular flexibility index (Phi) is 4.03. The summed E-state index contributed by atoms with van der Waals surface area (Å²) < 4.78 is 26.9. The van der Waals surface area contributed by atoms with Crippen LogP contribution in [-0.4, -0.2) is 6.04 Å². The first kappa shape index (κ1) is 15.6. The van der Waals surface area contributed by atoms with E-state index in [2.05, 4.69) is 33.0 Å². The third-order valence-electron chi connectivity index (χ3n) is 3.91. The quantitative estimate of drug-likeness (QED) is 0.746. The first-order valence-corrected chi connectivity index (χ1v) is 7.37. The number of anilines is 1. The summed E-state index contributed by atoms with van der Waals surface area (Å²) in [6.45, 7) is 8.91. The molecule has 112 valence electrons. The van der Waals surface area contributed by atoms with E-state index in [1.165, 1.54) is 0 Å². The second kappa shape index (κ2) is 5.18. The number of hydrogen-bond acceptors (Lipinski definition) is 1. The maximum absolute atomic E-state index is 13.9. The molecule has 4 heteroatoms. The Bertz CT molecular complexity index is 472. The van der Waals surface area contributed by atoms with Crippen LogP contribution in [0.25, 0.3) is 0 Å². The fourth-order valence-electron chi connectivity index (χ4n) is 3.83. The molecule has 1 aliphatic carbocycles. The minimum absolute atomic E-state index is 0.101. The summed E-state index contributed by atoms with van der Waals surface area (Å²) >= 11 is 5.95. The van der Waals surface area contributed by atoms with E-state index in [9.17, 15) is 8.78 Å². The van der Waals surface area contributed by atoms with Gasteiger partial charge in [0, 0.05) is 12.1 Å². The van der Waals surface area contributed by atoms with Gasteiger partial charge < -0.3 is 5.32 Å². The minimum Gasteiger partial charge on any atom is -0.379 e. The molecule has 1 aromatic carbocycles. The molecule has 20 heavy (non-hydrogen) atoms. The predicted octanol–water partition coefficient (Wildman–Crippen LogP) is 5.64. The zero-order valence-corrected chi connectivity index (χ0v) is 13.2. The maximum atomic E-state index is 13.9. The van der Waals surface area contributed by atoms with Crippen molar-refractivity contribution >= 4 is 17.3 Å². The van der Waals surface area contributed by atoms with E-state index in [-0.39, 0.29) is 27.6 Å². The minimum atomic E-state index is -0.651. The van der Waals surface area contributed by atoms with E-state index < -0.39 is 11.6 Å². The molecule has 0 unspecified atom stereocenters. The van der Waals surface area contributed by atoms with Crippen LogP contribution < -0.4 is 5.32 Å². The van der Waals surface area contributed by atoms with Gasteiger partial charge in [0.05, 0.1) is 10.7 Å². The lowest BCUT2D eigenvalue weighted by Crippen LogP contribution is -2.40. The van der Waals surface area contributed by atoms with Crippen molar-refractivity contribution in [2.45, 2.75) is 53.0 Å². The van der Waals surface area contributed by atoms with Crippen LogP contribution in [0.5, 0.6) is 0 Å². The molecule has 1 saturated carbocycles. The van der Waals surface area contributed by atoms with E-state index in [1.807, 2.05) is 0 Å². The topological polar surface area (TPSA) is 12.0 Å². The lowest BCUT2D eigenvalue weighted by atomic mass is 9.63. The lowest BCUT2D eigenvalue weighted by molar-refractivity contribution is 0.105. The molecule has 0 radical (unpaired) electrons. The maximum Gasteiger partial charge on any atom is 0.150 e. The SMILES string of the molecule is CC1(C)CC(Nc2c(F)cc(F)cc2Cl)CC(C)(C)C1. The largest absolute Gasteiger partial charge is 0.379 e. The summed E-state index contributed by atoms with van der Waals surface area (Å²) in [5, 5.41) is 3.28. The molecule has 0 heterocycles. The molecule has 1 N–H and O–H groups in total. The van der Waals surface area contributed by atoms with Gasteiger partial charge in [0.15, 0.2) is 5.82 Å². The number of hydrogen-bond donors (Lipinski definition) is 1. The summed E-state index contributed by atoms with van der Waals surface area (Å²) in [7, 11) is 0. The Morgan fingerprint density at radius 2 is 1.65 bits per heavy atom. The van der Waals surface area contributed by atoms with Gasteiger partial charge in [-0.2, -0.15) is 0 Å². The van der Waals surface area contributed by atoms with Gasteiger partial charge in [-0.1, -0.05) is 39.3 Å². The Balaban J connectivity index is 2.22. The first-order valence-electron chi connectivity index (χ1n) is 6.99. The Labute approximate surface area is 124 Å². The highest BCUT2D eigenvalue weighted by Crippen LogP contribution is 2.46. The van der Waals surface area contributed by atoms with E-state index in [0.717, 1.165) is 31.4 Å². The summed E-state index contributed by atoms with van der Waals surface area (Å²) in [5.41, 5.74) is 0.608. The molecular weight excluding hydrogens is 280 g/mol. The average molecular weight is 302 g/mol. The second-order valence-electron chi connectivity index (χ2n) is 7.50. The highest BCUT2D eigenvalue weighted by atomic mass is 35.5. The Morgan fingerprint density at radius 3 is 2.15 bits per heavy atom. The molecule has 0 aliphatic heterocycles. The summed E-state index contributed by atoms with van der Waals surface area (Å²) in [6, 6.07) is 2.16. The van der Waals surface area contributed by atoms with Crippen LogP contribution in [0.1, 0.15) is 47.0 Å². The fraction of sp³-hybridized carbons (Fsp3) is 0.625. The molecule has 1 fully saturated rings. The van der Waals surface area contributed by atoms with E-state index >= 15 is 0 Å². The smallest absolute Gasteiger partial charge is 0.150 e. The van der Waals surface area contributed by atoms with Crippen molar-refractivity contribution in [1.29, 1.82) is 0 Å². The van der Waals surface area contributed by atoms with Crippen molar-refractivity contribution < 1.29 is 8.78 Å². The van der Waals surface area contributed by atoms with Gasteiger partial charge in [0.1, 0.15) is 5.82 Å². The van der Waals surface area contributed by atoms with Crippen molar-refractivity contribution in [3.05, 3.63) is 28.8 Å². The van der Waals surface area contributed by atoms with Crippen LogP contribution in [0.4, 0.5) is 14.5 Å². The summed E-state index contributed by atoms with van der Waals surface area (Å²) in [6.07, 6.45) is 3.03. The molecular formula is C16H22ClF2N. The van der Waals surface area contributed by atoms with Gasteiger partial charge in [-0.05, 0) is 36.2 Å². The normalized spacial score (nSPS) is 21.8. The zero-order chi connectivity index (χ0) is 15.1. The van der Waals surface area contributed by atoms with Crippen molar-refractivity contribution in [3.63, 3.8) is 0 Å². The molecule has 1 aromatic rings. The third-order valence-corrected chi connectivity index (χ3v) is 4.21. The van der Waals surface area contributed by atoms with Gasteiger partial charge in [0.2, 0.25) is 0 Å². The van der Waals surface area contributed by atoms with Crippen molar-refractivity contribution in [2.75, 3.05) is 5.32 Å². The Hall–Kier alpha value is -0.830. The third kappa shape index (κ3) is 3.63. The number of nitrogens with one attached hydrogen (secondary N) is 1. The monoisotopic (exact) mass is 301 g/mol. The summed E-state index contributed by atoms with van der Waals surface area (Å²) in [5.74, 6) is -1.28. The highest BCUT2D eigenvalue weighted by molar-refractivity contribution is 6.33. The standard InChI is InChI=1S/C16H22ClF2N/c1-15(2)7-11(8-16(3,4)9-15)20-14-12(17)5-10(18)6-13(14)19/h5-6,11,20H,7-9H2,1-4H3. The van der Waals surface area contributed by atoms with Crippen LogP contribution in [-0.2, 0) is 0 Å². The predicted molar refractivity (Wildman–Crippen MR) is 80.2 cm³/mol. The molecule has 1 aliphatic rings. The van der Waals surface area contributed by atoms with Gasteiger partial charge in [-0.3, -0.25) is 0 Å². The average Bonchev–Trinajstić information content (AvgIpc) is 2.18. The van der Waals surface area contributed by atoms with Gasteiger partial charge in [0.25, 0.3) is 0 Å². The molecule has 0 bridgehead atoms. The van der Waals surface area contributed by atoms with Gasteiger partial charge >= 0.3 is 0 Å². The zero-order valence-electron chi connectivity index (χ0n) is 12.5. The van der Waals surface area contributed by atoms with Crippen LogP contribution >= 0.6 is 11.6 Å². The van der Waals surface area contributed by atoms with Crippen LogP contribution in [0.2, 0.25) is 5.02 Å². The fourth-order valence-corrected chi connectivity index (χ4v) is 4.08. The van der Waals surface area contributed by atoms with E-state index in [1.54, 1.807) is 0 Å². The molecule has 0 spiro atoms. The number of rotatable bonds is 2. The molecule has 0 saturated heterocycles. The molecule has 0 aromatic heterocycles. The molecule has 2 rings (SSSR count). The van der Waals surface area contributed by atoms with Crippen LogP contribution in [0.15, 0.2) is 12.1 Å². The molecule has 1 nitrogen and oxygen atoms in total. The van der Waals surface area contributed by atoms with Gasteiger partial charge in [-0.15, -0.1) is 0 Å². The van der Waals surface area contributed by atoms with Crippen molar-refractivity contribution in [2.24, 2.45) is 10.8 Å². The highest BCUT2D eigenvalue weighted by Gasteiger charge is 2.38. The number of benzene rings is 1. The number of halogens is 3. The summed E-state index contributed by atoms with van der Waals surface area (Å²) in [4.78, 5) is 0. The van der Waals surface area contributed by atoms with Crippen LogP contribution in [0, 0.1) is 22.5 Å².